The number of nitrogen functional groups attached to an aromatic ring is 1. The van der Waals surface area contributed by atoms with Gasteiger partial charge in [-0.25, -0.2) is 0 Å². The Kier molecular flexibility index (Phi) is 3.39. The van der Waals surface area contributed by atoms with Crippen LogP contribution in [0, 0.1) is 6.92 Å². The summed E-state index contributed by atoms with van der Waals surface area (Å²) in [6.45, 7) is 1.80. The largest absolute Gasteiger partial charge is 0.397 e. The first kappa shape index (κ1) is 14.3. The molecule has 5 heteroatoms. The zero-order chi connectivity index (χ0) is 16.5. The number of anilines is 3. The normalized spacial score (nSPS) is 10.9. The topological polar surface area (TPSA) is 77.0 Å². The van der Waals surface area contributed by atoms with Gasteiger partial charge in [-0.2, -0.15) is 4.98 Å². The van der Waals surface area contributed by atoms with Gasteiger partial charge >= 0.3 is 0 Å². The van der Waals surface area contributed by atoms with Crippen molar-refractivity contribution < 1.29 is 4.52 Å². The number of aromatic nitrogens is 2. The Morgan fingerprint density at radius 1 is 1.00 bits per heavy atom. The van der Waals surface area contributed by atoms with Gasteiger partial charge in [-0.1, -0.05) is 41.6 Å². The number of nitrogens with two attached hydrogens (primary N) is 1. The van der Waals surface area contributed by atoms with E-state index in [4.69, 9.17) is 10.3 Å². The number of rotatable bonds is 3. The van der Waals surface area contributed by atoms with Gasteiger partial charge in [0, 0.05) is 16.6 Å². The van der Waals surface area contributed by atoms with Gasteiger partial charge in [0.2, 0.25) is 0 Å². The molecule has 0 saturated carbocycles. The summed E-state index contributed by atoms with van der Waals surface area (Å²) in [7, 11) is 0. The van der Waals surface area contributed by atoms with Crippen LogP contribution in [0.4, 0.5) is 17.1 Å². The fourth-order valence-corrected chi connectivity index (χ4v) is 2.70. The van der Waals surface area contributed by atoms with E-state index < -0.39 is 0 Å². The Bertz CT molecular complexity index is 1020. The van der Waals surface area contributed by atoms with Crippen LogP contribution in [0.15, 0.2) is 65.2 Å². The van der Waals surface area contributed by atoms with Gasteiger partial charge in [0.05, 0.1) is 11.4 Å². The molecule has 1 heterocycles. The molecule has 4 rings (SSSR count). The number of fused-ring (bicyclic) bond motifs is 1. The first-order valence-corrected chi connectivity index (χ1v) is 7.66. The molecule has 0 saturated heterocycles. The van der Waals surface area contributed by atoms with Crippen LogP contribution < -0.4 is 11.1 Å². The Labute approximate surface area is 139 Å². The molecule has 0 atom stereocenters. The van der Waals surface area contributed by atoms with E-state index in [1.807, 2.05) is 54.6 Å². The van der Waals surface area contributed by atoms with Crippen LogP contribution in [0.2, 0.25) is 0 Å². The molecule has 0 fully saturated rings. The molecule has 3 aromatic carbocycles. The lowest BCUT2D eigenvalue weighted by atomic mass is 10.1. The van der Waals surface area contributed by atoms with Gasteiger partial charge < -0.3 is 15.6 Å². The standard InChI is InChI=1S/C19H16N4O/c1-12-21-19(24-23-12)14-6-4-7-15(11-14)22-17-10-9-13-5-2-3-8-16(13)18(17)20/h2-11,22H,20H2,1H3. The van der Waals surface area contributed by atoms with Crippen molar-refractivity contribution in [3.8, 4) is 11.5 Å². The van der Waals surface area contributed by atoms with Gasteiger partial charge in [0.15, 0.2) is 5.82 Å². The molecule has 0 radical (unpaired) electrons. The number of aryl methyl sites for hydroxylation is 1. The summed E-state index contributed by atoms with van der Waals surface area (Å²) in [6.07, 6.45) is 0. The Morgan fingerprint density at radius 2 is 1.88 bits per heavy atom. The van der Waals surface area contributed by atoms with Crippen molar-refractivity contribution in [3.05, 3.63) is 66.5 Å². The fraction of sp³-hybridized carbons (Fsp3) is 0.0526. The maximum absolute atomic E-state index is 6.32. The summed E-state index contributed by atoms with van der Waals surface area (Å²) in [5, 5.41) is 9.35. The second-order valence-corrected chi connectivity index (χ2v) is 5.60. The Morgan fingerprint density at radius 3 is 2.71 bits per heavy atom. The molecule has 0 spiro atoms. The smallest absolute Gasteiger partial charge is 0.257 e. The van der Waals surface area contributed by atoms with Crippen molar-refractivity contribution in [2.24, 2.45) is 0 Å². The van der Waals surface area contributed by atoms with Crippen molar-refractivity contribution in [3.63, 3.8) is 0 Å². The third-order valence-electron chi connectivity index (χ3n) is 3.89. The van der Waals surface area contributed by atoms with Crippen LogP contribution in [0.1, 0.15) is 5.82 Å². The lowest BCUT2D eigenvalue weighted by molar-refractivity contribution is 0.425. The summed E-state index contributed by atoms with van der Waals surface area (Å²) < 4.78 is 5.22. The van der Waals surface area contributed by atoms with E-state index in [1.165, 1.54) is 0 Å². The molecule has 0 aliphatic rings. The number of nitrogens with one attached hydrogen (secondary N) is 1. The third kappa shape index (κ3) is 2.56. The molecule has 0 amide bonds. The number of hydrogen-bond donors (Lipinski definition) is 2. The Hall–Kier alpha value is -3.34. The molecular formula is C19H16N4O. The minimum absolute atomic E-state index is 0.502. The predicted molar refractivity (Wildman–Crippen MR) is 96.1 cm³/mol. The first-order valence-electron chi connectivity index (χ1n) is 7.66. The van der Waals surface area contributed by atoms with Crippen molar-refractivity contribution in [2.75, 3.05) is 11.1 Å². The van der Waals surface area contributed by atoms with Gasteiger partial charge in [-0.05, 0) is 36.6 Å². The molecule has 0 aliphatic carbocycles. The highest BCUT2D eigenvalue weighted by molar-refractivity contribution is 5.99. The van der Waals surface area contributed by atoms with Gasteiger partial charge in [0.1, 0.15) is 0 Å². The summed E-state index contributed by atoms with van der Waals surface area (Å²) in [5.41, 5.74) is 9.68. The van der Waals surface area contributed by atoms with Gasteiger partial charge in [0.25, 0.3) is 5.89 Å². The molecule has 24 heavy (non-hydrogen) atoms. The van der Waals surface area contributed by atoms with Crippen molar-refractivity contribution in [1.29, 1.82) is 0 Å². The van der Waals surface area contributed by atoms with Crippen LogP contribution in [0.3, 0.4) is 0 Å². The molecule has 4 aromatic rings. The zero-order valence-electron chi connectivity index (χ0n) is 13.2. The Balaban J connectivity index is 1.70. The second kappa shape index (κ2) is 5.70. The predicted octanol–water partition coefficient (Wildman–Crippen LogP) is 4.52. The van der Waals surface area contributed by atoms with E-state index >= 15 is 0 Å². The summed E-state index contributed by atoms with van der Waals surface area (Å²) >= 11 is 0. The van der Waals surface area contributed by atoms with E-state index in [1.54, 1.807) is 6.92 Å². The number of hydrogen-bond acceptors (Lipinski definition) is 5. The zero-order valence-corrected chi connectivity index (χ0v) is 13.2. The average molecular weight is 316 g/mol. The molecule has 0 aliphatic heterocycles. The molecule has 5 nitrogen and oxygen atoms in total. The summed E-state index contributed by atoms with van der Waals surface area (Å²) in [6, 6.07) is 19.9. The van der Waals surface area contributed by atoms with Crippen molar-refractivity contribution in [2.45, 2.75) is 6.92 Å². The summed E-state index contributed by atoms with van der Waals surface area (Å²) in [4.78, 5) is 4.26. The molecule has 118 valence electrons. The lowest BCUT2D eigenvalue weighted by Crippen LogP contribution is -1.97. The SMILES string of the molecule is Cc1noc(-c2cccc(Nc3ccc4ccccc4c3N)c2)n1. The summed E-state index contributed by atoms with van der Waals surface area (Å²) in [5.74, 6) is 1.12. The lowest BCUT2D eigenvalue weighted by Gasteiger charge is -2.12. The van der Waals surface area contributed by atoms with Crippen LogP contribution in [0.5, 0.6) is 0 Å². The monoisotopic (exact) mass is 316 g/mol. The van der Waals surface area contributed by atoms with Gasteiger partial charge in [-0.3, -0.25) is 0 Å². The third-order valence-corrected chi connectivity index (χ3v) is 3.89. The van der Waals surface area contributed by atoms with Crippen molar-refractivity contribution >= 4 is 27.8 Å². The molecule has 1 aromatic heterocycles. The van der Waals surface area contributed by atoms with Crippen LogP contribution in [0.25, 0.3) is 22.2 Å². The minimum atomic E-state index is 0.502. The van der Waals surface area contributed by atoms with Crippen LogP contribution >= 0.6 is 0 Å². The average Bonchev–Trinajstić information content (AvgIpc) is 3.04. The second-order valence-electron chi connectivity index (χ2n) is 5.60. The van der Waals surface area contributed by atoms with Crippen LogP contribution in [-0.4, -0.2) is 10.1 Å². The minimum Gasteiger partial charge on any atom is -0.397 e. The highest BCUT2D eigenvalue weighted by Gasteiger charge is 2.08. The first-order chi connectivity index (χ1) is 11.7. The van der Waals surface area contributed by atoms with E-state index in [-0.39, 0.29) is 0 Å². The quantitative estimate of drug-likeness (QED) is 0.543. The maximum Gasteiger partial charge on any atom is 0.257 e. The molecular weight excluding hydrogens is 300 g/mol. The number of nitrogens with zero attached hydrogens (tertiary/aromatic N) is 2. The molecule has 0 unspecified atom stereocenters. The van der Waals surface area contributed by atoms with E-state index in [0.717, 1.165) is 33.4 Å². The molecule has 3 N–H and O–H groups in total. The van der Waals surface area contributed by atoms with E-state index in [9.17, 15) is 0 Å². The van der Waals surface area contributed by atoms with Crippen LogP contribution in [-0.2, 0) is 0 Å². The number of benzene rings is 3. The maximum atomic E-state index is 6.32. The highest BCUT2D eigenvalue weighted by atomic mass is 16.5. The van der Waals surface area contributed by atoms with E-state index in [0.29, 0.717) is 11.7 Å². The van der Waals surface area contributed by atoms with Crippen molar-refractivity contribution in [1.82, 2.24) is 10.1 Å². The van der Waals surface area contributed by atoms with Gasteiger partial charge in [-0.15, -0.1) is 0 Å². The molecule has 0 bridgehead atoms. The fourth-order valence-electron chi connectivity index (χ4n) is 2.70. The highest BCUT2D eigenvalue weighted by Crippen LogP contribution is 2.31. The van der Waals surface area contributed by atoms with E-state index in [2.05, 4.69) is 21.5 Å².